The molecule has 2 N–H and O–H groups in total. The first-order valence-electron chi connectivity index (χ1n) is 2.84. The molecule has 0 aliphatic rings. The molecular weight excluding hydrogens is 208 g/mol. The first kappa shape index (κ1) is 11.6. The van der Waals surface area contributed by atoms with Gasteiger partial charge in [-0.3, -0.25) is 9.11 Å². The molecule has 0 rings (SSSR count). The van der Waals surface area contributed by atoms with E-state index in [0.717, 1.165) is 0 Å². The van der Waals surface area contributed by atoms with Crippen LogP contribution in [-0.4, -0.2) is 25.9 Å². The Hall–Kier alpha value is -0.440. The van der Waals surface area contributed by atoms with Gasteiger partial charge >= 0.3 is 20.2 Å². The van der Waals surface area contributed by atoms with E-state index in [1.165, 1.54) is 6.92 Å². The van der Waals surface area contributed by atoms with E-state index in [-0.39, 0.29) is 6.42 Å². The Kier molecular flexibility index (Phi) is 3.39. The standard InChI is InChI=1S/C4H8O6S2/c1-2-3-4(11(5,6)7)12(8,9)10/h3H,2H2,1H3,(H,5,6,7)(H,8,9,10). The second kappa shape index (κ2) is 3.52. The third-order valence-corrected chi connectivity index (χ3v) is 3.49. The van der Waals surface area contributed by atoms with E-state index in [1.54, 1.807) is 0 Å². The molecule has 0 aliphatic carbocycles. The Bertz CT molecular complexity index is 338. The Balaban J connectivity index is 5.43. The molecule has 0 unspecified atom stereocenters. The van der Waals surface area contributed by atoms with Crippen LogP contribution in [0.15, 0.2) is 10.3 Å². The van der Waals surface area contributed by atoms with Gasteiger partial charge < -0.3 is 0 Å². The van der Waals surface area contributed by atoms with Crippen molar-refractivity contribution in [1.82, 2.24) is 0 Å². The van der Waals surface area contributed by atoms with Crippen LogP contribution in [0.2, 0.25) is 0 Å². The first-order valence-corrected chi connectivity index (χ1v) is 5.72. The summed E-state index contributed by atoms with van der Waals surface area (Å²) < 4.78 is 56.5. The predicted octanol–water partition coefficient (Wildman–Crippen LogP) is 0.0134. The number of hydrogen-bond donors (Lipinski definition) is 2. The molecule has 0 radical (unpaired) electrons. The average molecular weight is 216 g/mol. The van der Waals surface area contributed by atoms with Crippen molar-refractivity contribution >= 4 is 20.2 Å². The summed E-state index contributed by atoms with van der Waals surface area (Å²) in [5.74, 6) is 0. The lowest BCUT2D eigenvalue weighted by molar-refractivity contribution is 0.480. The largest absolute Gasteiger partial charge is 0.307 e. The van der Waals surface area contributed by atoms with Crippen LogP contribution in [-0.2, 0) is 20.2 Å². The highest BCUT2D eigenvalue weighted by Gasteiger charge is 2.25. The molecule has 72 valence electrons. The van der Waals surface area contributed by atoms with E-state index in [0.29, 0.717) is 6.08 Å². The predicted molar refractivity (Wildman–Crippen MR) is 41.5 cm³/mol. The fourth-order valence-electron chi connectivity index (χ4n) is 0.510. The highest BCUT2D eigenvalue weighted by atomic mass is 32.3. The van der Waals surface area contributed by atoms with E-state index < -0.39 is 24.5 Å². The van der Waals surface area contributed by atoms with Crippen molar-refractivity contribution in [2.75, 3.05) is 0 Å². The van der Waals surface area contributed by atoms with Gasteiger partial charge in [0.15, 0.2) is 0 Å². The molecule has 0 bridgehead atoms. The van der Waals surface area contributed by atoms with E-state index >= 15 is 0 Å². The normalized spacial score (nSPS) is 12.6. The maximum absolute atomic E-state index is 10.3. The molecule has 0 aromatic carbocycles. The highest BCUT2D eigenvalue weighted by molar-refractivity contribution is 8.09. The maximum Gasteiger partial charge on any atom is 0.307 e. The third kappa shape index (κ3) is 3.30. The molecule has 0 aromatic rings. The molecule has 0 heterocycles. The lowest BCUT2D eigenvalue weighted by Crippen LogP contribution is -2.12. The lowest BCUT2D eigenvalue weighted by Gasteiger charge is -1.97. The minimum Gasteiger partial charge on any atom is -0.281 e. The molecule has 0 atom stereocenters. The van der Waals surface area contributed by atoms with E-state index in [2.05, 4.69) is 0 Å². The Morgan fingerprint density at radius 2 is 1.50 bits per heavy atom. The van der Waals surface area contributed by atoms with Crippen molar-refractivity contribution in [2.45, 2.75) is 13.3 Å². The molecule has 0 fully saturated rings. The van der Waals surface area contributed by atoms with Gasteiger partial charge in [0, 0.05) is 0 Å². The summed E-state index contributed by atoms with van der Waals surface area (Å²) in [6.45, 7) is 1.45. The Morgan fingerprint density at radius 1 is 1.17 bits per heavy atom. The number of hydrogen-bond acceptors (Lipinski definition) is 4. The fraction of sp³-hybridized carbons (Fsp3) is 0.500. The van der Waals surface area contributed by atoms with Crippen molar-refractivity contribution < 1.29 is 25.9 Å². The maximum atomic E-state index is 10.3. The van der Waals surface area contributed by atoms with Crippen LogP contribution in [0.1, 0.15) is 13.3 Å². The fourth-order valence-corrected chi connectivity index (χ4v) is 2.33. The second-order valence-electron chi connectivity index (χ2n) is 1.88. The monoisotopic (exact) mass is 216 g/mol. The topological polar surface area (TPSA) is 109 Å². The second-order valence-corrected chi connectivity index (χ2v) is 4.92. The highest BCUT2D eigenvalue weighted by Crippen LogP contribution is 2.11. The smallest absolute Gasteiger partial charge is 0.281 e. The van der Waals surface area contributed by atoms with Crippen LogP contribution in [0, 0.1) is 0 Å². The van der Waals surface area contributed by atoms with Gasteiger partial charge in [-0.1, -0.05) is 6.92 Å². The van der Waals surface area contributed by atoms with Crippen molar-refractivity contribution in [3.8, 4) is 0 Å². The van der Waals surface area contributed by atoms with E-state index in [4.69, 9.17) is 9.11 Å². The van der Waals surface area contributed by atoms with Crippen molar-refractivity contribution in [2.24, 2.45) is 0 Å². The molecule has 0 amide bonds. The molecule has 0 saturated heterocycles. The zero-order chi connectivity index (χ0) is 9.99. The third-order valence-electron chi connectivity index (χ3n) is 0.879. The summed E-state index contributed by atoms with van der Waals surface area (Å²) in [5.41, 5.74) is 0. The molecule has 0 aromatic heterocycles. The molecule has 6 nitrogen and oxygen atoms in total. The van der Waals surface area contributed by atoms with Crippen LogP contribution in [0.25, 0.3) is 0 Å². The summed E-state index contributed by atoms with van der Waals surface area (Å²) in [7, 11) is -9.72. The number of rotatable bonds is 3. The molecular formula is C4H8O6S2. The Labute approximate surface area is 70.4 Å². The van der Waals surface area contributed by atoms with Gasteiger partial charge in [0.25, 0.3) is 0 Å². The molecule has 0 spiro atoms. The van der Waals surface area contributed by atoms with Gasteiger partial charge in [-0.15, -0.1) is 0 Å². The SMILES string of the molecule is CCC=C(S(=O)(=O)O)S(=O)(=O)O. The first-order chi connectivity index (χ1) is 5.19. The van der Waals surface area contributed by atoms with Crippen LogP contribution in [0.5, 0.6) is 0 Å². The van der Waals surface area contributed by atoms with Crippen LogP contribution in [0.4, 0.5) is 0 Å². The molecule has 0 saturated carbocycles. The number of allylic oxidation sites excluding steroid dienone is 1. The summed E-state index contributed by atoms with van der Waals surface area (Å²) >= 11 is 0. The molecule has 0 aliphatic heterocycles. The van der Waals surface area contributed by atoms with Crippen molar-refractivity contribution in [3.63, 3.8) is 0 Å². The van der Waals surface area contributed by atoms with Gasteiger partial charge in [-0.25, -0.2) is 0 Å². The average Bonchev–Trinajstić information content (AvgIpc) is 1.77. The Morgan fingerprint density at radius 3 is 1.58 bits per heavy atom. The van der Waals surface area contributed by atoms with Crippen molar-refractivity contribution in [1.29, 1.82) is 0 Å². The molecule has 8 heteroatoms. The van der Waals surface area contributed by atoms with Crippen LogP contribution < -0.4 is 0 Å². The van der Waals surface area contributed by atoms with Crippen LogP contribution >= 0.6 is 0 Å². The van der Waals surface area contributed by atoms with Crippen LogP contribution in [0.3, 0.4) is 0 Å². The van der Waals surface area contributed by atoms with Gasteiger partial charge in [0.1, 0.15) is 0 Å². The van der Waals surface area contributed by atoms with Crippen molar-refractivity contribution in [3.05, 3.63) is 10.3 Å². The molecule has 12 heavy (non-hydrogen) atoms. The minimum atomic E-state index is -4.86. The van der Waals surface area contributed by atoms with E-state index in [1.807, 2.05) is 0 Å². The van der Waals surface area contributed by atoms with Gasteiger partial charge in [-0.05, 0) is 12.5 Å². The minimum absolute atomic E-state index is 0.0644. The lowest BCUT2D eigenvalue weighted by atomic mass is 10.5. The summed E-state index contributed by atoms with van der Waals surface area (Å²) in [6.07, 6.45) is 0.763. The zero-order valence-electron chi connectivity index (χ0n) is 6.13. The summed E-state index contributed by atoms with van der Waals surface area (Å²) in [6, 6.07) is 0. The zero-order valence-corrected chi connectivity index (χ0v) is 7.76. The van der Waals surface area contributed by atoms with Gasteiger partial charge in [0.05, 0.1) is 0 Å². The quantitative estimate of drug-likeness (QED) is 0.643. The van der Waals surface area contributed by atoms with Gasteiger partial charge in [-0.2, -0.15) is 16.8 Å². The summed E-state index contributed by atoms with van der Waals surface area (Å²) in [4.78, 5) is 0. The van der Waals surface area contributed by atoms with Gasteiger partial charge in [0.2, 0.25) is 4.24 Å². The van der Waals surface area contributed by atoms with E-state index in [9.17, 15) is 16.8 Å². The summed E-state index contributed by atoms with van der Waals surface area (Å²) in [5, 5.41) is 0.